The molecule has 2 fully saturated rings. The van der Waals surface area contributed by atoms with Gasteiger partial charge in [0.1, 0.15) is 0 Å². The Balaban J connectivity index is 1.72. The Labute approximate surface area is 112 Å². The van der Waals surface area contributed by atoms with Crippen LogP contribution in [0.25, 0.3) is 0 Å². The van der Waals surface area contributed by atoms with Gasteiger partial charge in [0.05, 0.1) is 11.5 Å². The van der Waals surface area contributed by atoms with Crippen molar-refractivity contribution in [2.45, 2.75) is 50.7 Å². The van der Waals surface area contributed by atoms with Gasteiger partial charge in [-0.15, -0.1) is 0 Å². The zero-order chi connectivity index (χ0) is 13.9. The zero-order valence-electron chi connectivity index (χ0n) is 11.3. The number of rotatable bonds is 5. The van der Waals surface area contributed by atoms with Gasteiger partial charge in [-0.25, -0.2) is 4.79 Å². The highest BCUT2D eigenvalue weighted by molar-refractivity contribution is 5.79. The van der Waals surface area contributed by atoms with E-state index in [1.165, 1.54) is 0 Å². The van der Waals surface area contributed by atoms with Crippen LogP contribution in [-0.4, -0.2) is 42.9 Å². The monoisotopic (exact) mass is 270 g/mol. The number of nitrogens with one attached hydrogen (secondary N) is 2. The van der Waals surface area contributed by atoms with Crippen LogP contribution < -0.4 is 10.6 Å². The van der Waals surface area contributed by atoms with Crippen LogP contribution in [0.15, 0.2) is 0 Å². The third kappa shape index (κ3) is 3.18. The molecule has 2 rings (SSSR count). The maximum Gasteiger partial charge on any atom is 0.315 e. The number of carbonyl (C=O) groups is 2. The first-order chi connectivity index (χ1) is 9.05. The molecule has 0 saturated heterocycles. The topological polar surface area (TPSA) is 87.7 Å². The number of aliphatic carboxylic acids is 1. The van der Waals surface area contributed by atoms with Crippen LogP contribution in [-0.2, 0) is 9.53 Å². The minimum atomic E-state index is -0.806. The number of carboxylic acids is 1. The Morgan fingerprint density at radius 3 is 2.58 bits per heavy atom. The van der Waals surface area contributed by atoms with Gasteiger partial charge in [-0.3, -0.25) is 4.79 Å². The molecule has 2 aliphatic rings. The summed E-state index contributed by atoms with van der Waals surface area (Å²) >= 11 is 0. The van der Waals surface area contributed by atoms with E-state index in [1.54, 1.807) is 7.11 Å². The van der Waals surface area contributed by atoms with Crippen molar-refractivity contribution in [3.8, 4) is 0 Å². The van der Waals surface area contributed by atoms with E-state index in [4.69, 9.17) is 9.84 Å². The van der Waals surface area contributed by atoms with Gasteiger partial charge in [0.2, 0.25) is 0 Å². The van der Waals surface area contributed by atoms with E-state index in [2.05, 4.69) is 10.6 Å². The Morgan fingerprint density at radius 1 is 1.37 bits per heavy atom. The fourth-order valence-electron chi connectivity index (χ4n) is 2.84. The predicted octanol–water partition coefficient (Wildman–Crippen LogP) is 1.11. The van der Waals surface area contributed by atoms with Gasteiger partial charge in [-0.05, 0) is 32.1 Å². The number of methoxy groups -OCH3 is 1. The molecule has 6 nitrogen and oxygen atoms in total. The lowest BCUT2D eigenvalue weighted by atomic mass is 9.69. The van der Waals surface area contributed by atoms with E-state index in [-0.39, 0.29) is 24.7 Å². The highest BCUT2D eigenvalue weighted by Crippen LogP contribution is 2.40. The van der Waals surface area contributed by atoms with E-state index < -0.39 is 11.4 Å². The molecule has 0 heterocycles. The van der Waals surface area contributed by atoms with Gasteiger partial charge in [0, 0.05) is 19.7 Å². The number of urea groups is 1. The van der Waals surface area contributed by atoms with Gasteiger partial charge < -0.3 is 20.5 Å². The molecular formula is C13H22N2O4. The Morgan fingerprint density at radius 2 is 2.11 bits per heavy atom. The minimum Gasteiger partial charge on any atom is -0.481 e. The second-order valence-electron chi connectivity index (χ2n) is 5.63. The molecule has 0 aromatic carbocycles. The summed E-state index contributed by atoms with van der Waals surface area (Å²) in [4.78, 5) is 22.9. The lowest BCUT2D eigenvalue weighted by molar-refractivity contribution is -0.153. The lowest BCUT2D eigenvalue weighted by Gasteiger charge is -2.37. The lowest BCUT2D eigenvalue weighted by Crippen LogP contribution is -2.51. The van der Waals surface area contributed by atoms with E-state index in [0.29, 0.717) is 12.8 Å². The van der Waals surface area contributed by atoms with Crippen LogP contribution in [0.1, 0.15) is 38.5 Å². The molecule has 0 spiro atoms. The summed E-state index contributed by atoms with van der Waals surface area (Å²) in [6.45, 7) is 0.217. The number of ether oxygens (including phenoxy) is 1. The number of carbonyl (C=O) groups excluding carboxylic acids is 1. The van der Waals surface area contributed by atoms with E-state index in [1.807, 2.05) is 0 Å². The smallest absolute Gasteiger partial charge is 0.315 e. The molecule has 0 aromatic heterocycles. The second kappa shape index (κ2) is 5.77. The predicted molar refractivity (Wildman–Crippen MR) is 68.9 cm³/mol. The summed E-state index contributed by atoms with van der Waals surface area (Å²) in [6.07, 6.45) is 5.15. The molecule has 6 heteroatoms. The zero-order valence-corrected chi connectivity index (χ0v) is 11.3. The molecule has 19 heavy (non-hydrogen) atoms. The average Bonchev–Trinajstić information content (AvgIpc) is 2.74. The van der Waals surface area contributed by atoms with Crippen LogP contribution >= 0.6 is 0 Å². The summed E-state index contributed by atoms with van der Waals surface area (Å²) < 4.78 is 5.25. The van der Waals surface area contributed by atoms with Crippen molar-refractivity contribution in [3.05, 3.63) is 0 Å². The highest BCUT2D eigenvalue weighted by Gasteiger charge is 2.44. The third-order valence-corrected chi connectivity index (χ3v) is 4.40. The van der Waals surface area contributed by atoms with E-state index in [0.717, 1.165) is 25.7 Å². The first-order valence-corrected chi connectivity index (χ1v) is 6.86. The summed E-state index contributed by atoms with van der Waals surface area (Å²) in [5, 5.41) is 14.7. The van der Waals surface area contributed by atoms with Crippen molar-refractivity contribution in [2.24, 2.45) is 5.41 Å². The van der Waals surface area contributed by atoms with E-state index in [9.17, 15) is 9.59 Å². The van der Waals surface area contributed by atoms with Crippen molar-refractivity contribution in [1.29, 1.82) is 0 Å². The summed E-state index contributed by atoms with van der Waals surface area (Å²) in [5.74, 6) is -0.806. The van der Waals surface area contributed by atoms with Gasteiger partial charge in [0.15, 0.2) is 0 Å². The summed E-state index contributed by atoms with van der Waals surface area (Å²) in [7, 11) is 1.68. The second-order valence-corrected chi connectivity index (χ2v) is 5.63. The fourth-order valence-corrected chi connectivity index (χ4v) is 2.84. The molecule has 108 valence electrons. The highest BCUT2D eigenvalue weighted by atomic mass is 16.5. The number of amides is 2. The standard InChI is InChI=1S/C13H22N2O4/c1-19-10-4-3-9(7-10)15-12(18)14-8-13(11(16)17)5-2-6-13/h9-10H,2-8H2,1H3,(H,16,17)(H2,14,15,18). The van der Waals surface area contributed by atoms with Gasteiger partial charge in [-0.1, -0.05) is 6.42 Å². The average molecular weight is 270 g/mol. The van der Waals surface area contributed by atoms with Crippen molar-refractivity contribution >= 4 is 12.0 Å². The van der Waals surface area contributed by atoms with Crippen molar-refractivity contribution in [2.75, 3.05) is 13.7 Å². The Kier molecular flexibility index (Phi) is 4.29. The quantitative estimate of drug-likeness (QED) is 0.698. The van der Waals surface area contributed by atoms with Crippen LogP contribution in [0.4, 0.5) is 4.79 Å². The number of carboxylic acid groups (broad SMARTS) is 1. The molecule has 2 aliphatic carbocycles. The third-order valence-electron chi connectivity index (χ3n) is 4.40. The van der Waals surface area contributed by atoms with E-state index >= 15 is 0 Å². The van der Waals surface area contributed by atoms with Gasteiger partial charge in [0.25, 0.3) is 0 Å². The van der Waals surface area contributed by atoms with Crippen molar-refractivity contribution in [3.63, 3.8) is 0 Å². The summed E-state index contributed by atoms with van der Waals surface area (Å²) in [5.41, 5.74) is -0.734. The maximum atomic E-state index is 11.7. The Hall–Kier alpha value is -1.30. The van der Waals surface area contributed by atoms with Crippen molar-refractivity contribution < 1.29 is 19.4 Å². The molecule has 0 aromatic rings. The molecule has 0 bridgehead atoms. The summed E-state index contributed by atoms with van der Waals surface area (Å²) in [6, 6.07) is -0.138. The largest absolute Gasteiger partial charge is 0.481 e. The molecule has 0 aliphatic heterocycles. The molecule has 0 radical (unpaired) electrons. The van der Waals surface area contributed by atoms with Gasteiger partial charge >= 0.3 is 12.0 Å². The van der Waals surface area contributed by atoms with Crippen LogP contribution in [0, 0.1) is 5.41 Å². The molecule has 2 saturated carbocycles. The molecule has 3 N–H and O–H groups in total. The fraction of sp³-hybridized carbons (Fsp3) is 0.846. The van der Waals surface area contributed by atoms with Gasteiger partial charge in [-0.2, -0.15) is 0 Å². The van der Waals surface area contributed by atoms with Crippen LogP contribution in [0.3, 0.4) is 0 Å². The molecule has 2 amide bonds. The normalized spacial score (nSPS) is 28.5. The SMILES string of the molecule is COC1CCC(NC(=O)NCC2(C(=O)O)CCC2)C1. The first-order valence-electron chi connectivity index (χ1n) is 6.86. The van der Waals surface area contributed by atoms with Crippen LogP contribution in [0.5, 0.6) is 0 Å². The van der Waals surface area contributed by atoms with Crippen molar-refractivity contribution in [1.82, 2.24) is 10.6 Å². The number of hydrogen-bond donors (Lipinski definition) is 3. The maximum absolute atomic E-state index is 11.7. The molecule has 2 atom stereocenters. The van der Waals surface area contributed by atoms with Crippen LogP contribution in [0.2, 0.25) is 0 Å². The number of hydrogen-bond acceptors (Lipinski definition) is 3. The first kappa shape index (κ1) is 14.1. The minimum absolute atomic E-state index is 0.132. The molecule has 2 unspecified atom stereocenters. The Bertz CT molecular complexity index is 355. The molecular weight excluding hydrogens is 248 g/mol.